The fourth-order valence-electron chi connectivity index (χ4n) is 3.46. The zero-order valence-corrected chi connectivity index (χ0v) is 19.9. The van der Waals surface area contributed by atoms with E-state index in [1.807, 2.05) is 12.1 Å². The van der Waals surface area contributed by atoms with Gasteiger partial charge in [-0.25, -0.2) is 0 Å². The van der Waals surface area contributed by atoms with Crippen molar-refractivity contribution in [3.63, 3.8) is 0 Å². The van der Waals surface area contributed by atoms with E-state index in [9.17, 15) is 0 Å². The average molecular weight is 508 g/mol. The molecule has 1 saturated heterocycles. The van der Waals surface area contributed by atoms with Gasteiger partial charge in [-0.1, -0.05) is 55.8 Å². The van der Waals surface area contributed by atoms with E-state index in [2.05, 4.69) is 72.4 Å². The first-order chi connectivity index (χ1) is 13.5. The Morgan fingerprint density at radius 3 is 2.45 bits per heavy atom. The Bertz CT molecular complexity index is 786. The van der Waals surface area contributed by atoms with Gasteiger partial charge in [-0.3, -0.25) is 9.89 Å². The Morgan fingerprint density at radius 1 is 1.10 bits per heavy atom. The minimum atomic E-state index is 0. The van der Waals surface area contributed by atoms with Crippen LogP contribution in [0.5, 0.6) is 0 Å². The quantitative estimate of drug-likeness (QED) is 0.342. The molecule has 1 atom stereocenters. The van der Waals surface area contributed by atoms with Crippen LogP contribution in [0.4, 0.5) is 5.69 Å². The van der Waals surface area contributed by atoms with Crippen LogP contribution < -0.4 is 11.1 Å². The highest BCUT2D eigenvalue weighted by Crippen LogP contribution is 2.23. The standard InChI is InChI=1S/C23H32N4O.HI/c1-17(2)20-5-4-6-21(15-20)26-23(24)25-16-22(27-11-13-28-14-12-27)19-9-7-18(3)8-10-19;/h4-10,15,17,22H,11-14,16H2,1-3H3,(H3,24,25,26);1H. The Balaban J connectivity index is 0.00000300. The lowest BCUT2D eigenvalue weighted by Gasteiger charge is -2.34. The highest BCUT2D eigenvalue weighted by Gasteiger charge is 2.22. The summed E-state index contributed by atoms with van der Waals surface area (Å²) in [6.45, 7) is 10.5. The lowest BCUT2D eigenvalue weighted by molar-refractivity contribution is 0.0180. The van der Waals surface area contributed by atoms with E-state index in [4.69, 9.17) is 10.5 Å². The first-order valence-corrected chi connectivity index (χ1v) is 10.1. The number of rotatable bonds is 6. The molecule has 1 heterocycles. The summed E-state index contributed by atoms with van der Waals surface area (Å²) in [5.41, 5.74) is 11.0. The summed E-state index contributed by atoms with van der Waals surface area (Å²) >= 11 is 0. The molecule has 29 heavy (non-hydrogen) atoms. The summed E-state index contributed by atoms with van der Waals surface area (Å²) in [4.78, 5) is 7.10. The molecule has 0 radical (unpaired) electrons. The van der Waals surface area contributed by atoms with Crippen LogP contribution in [0.1, 0.15) is 42.5 Å². The number of nitrogens with zero attached hydrogens (tertiary/aromatic N) is 2. The Kier molecular flexibility index (Phi) is 9.39. The lowest BCUT2D eigenvalue weighted by atomic mass is 10.0. The topological polar surface area (TPSA) is 62.9 Å². The van der Waals surface area contributed by atoms with E-state index in [-0.39, 0.29) is 30.0 Å². The van der Waals surface area contributed by atoms with Gasteiger partial charge in [0.25, 0.3) is 0 Å². The zero-order chi connectivity index (χ0) is 19.9. The molecule has 0 spiro atoms. The molecule has 0 saturated carbocycles. The third-order valence-corrected chi connectivity index (χ3v) is 5.21. The molecular formula is C23H33IN4O. The number of aliphatic imine (C=N–C) groups is 1. The fourth-order valence-corrected chi connectivity index (χ4v) is 3.46. The lowest BCUT2D eigenvalue weighted by Crippen LogP contribution is -2.40. The van der Waals surface area contributed by atoms with Crippen LogP contribution in [0.3, 0.4) is 0 Å². The smallest absolute Gasteiger partial charge is 0.193 e. The number of hydrogen-bond donors (Lipinski definition) is 2. The zero-order valence-electron chi connectivity index (χ0n) is 17.6. The SMILES string of the molecule is Cc1ccc(C(CN=C(N)Nc2cccc(C(C)C)c2)N2CCOCC2)cc1.I. The maximum Gasteiger partial charge on any atom is 0.193 e. The van der Waals surface area contributed by atoms with Gasteiger partial charge in [0.2, 0.25) is 0 Å². The third kappa shape index (κ3) is 6.97. The second kappa shape index (κ2) is 11.5. The second-order valence-electron chi connectivity index (χ2n) is 7.71. The van der Waals surface area contributed by atoms with Crippen molar-refractivity contribution in [3.05, 3.63) is 65.2 Å². The maximum absolute atomic E-state index is 6.21. The van der Waals surface area contributed by atoms with Gasteiger partial charge in [0, 0.05) is 18.8 Å². The van der Waals surface area contributed by atoms with E-state index in [0.717, 1.165) is 32.0 Å². The molecule has 0 bridgehead atoms. The number of nitrogens with two attached hydrogens (primary N) is 1. The molecule has 2 aromatic carbocycles. The summed E-state index contributed by atoms with van der Waals surface area (Å²) in [5, 5.41) is 3.24. The maximum atomic E-state index is 6.21. The molecule has 5 nitrogen and oxygen atoms in total. The highest BCUT2D eigenvalue weighted by molar-refractivity contribution is 14.0. The summed E-state index contributed by atoms with van der Waals surface area (Å²) in [5.74, 6) is 0.929. The van der Waals surface area contributed by atoms with Gasteiger partial charge >= 0.3 is 0 Å². The van der Waals surface area contributed by atoms with Gasteiger partial charge in [0.05, 0.1) is 25.8 Å². The first-order valence-electron chi connectivity index (χ1n) is 10.1. The minimum absolute atomic E-state index is 0. The van der Waals surface area contributed by atoms with E-state index >= 15 is 0 Å². The predicted molar refractivity (Wildman–Crippen MR) is 132 cm³/mol. The summed E-state index contributed by atoms with van der Waals surface area (Å²) < 4.78 is 5.53. The minimum Gasteiger partial charge on any atom is -0.379 e. The molecule has 1 fully saturated rings. The van der Waals surface area contributed by atoms with Crippen LogP contribution in [0.15, 0.2) is 53.5 Å². The number of hydrogen-bond acceptors (Lipinski definition) is 3. The van der Waals surface area contributed by atoms with Gasteiger partial charge in [0.1, 0.15) is 0 Å². The molecule has 0 aromatic heterocycles. The molecule has 1 aliphatic rings. The molecule has 2 aromatic rings. The van der Waals surface area contributed by atoms with Crippen molar-refractivity contribution in [2.75, 3.05) is 38.2 Å². The van der Waals surface area contributed by atoms with Crippen LogP contribution in [0, 0.1) is 6.92 Å². The number of aryl methyl sites for hydroxylation is 1. The molecule has 6 heteroatoms. The molecule has 3 rings (SSSR count). The Hall–Kier alpha value is -1.64. The van der Waals surface area contributed by atoms with Gasteiger partial charge in [-0.2, -0.15) is 0 Å². The average Bonchev–Trinajstić information content (AvgIpc) is 2.70. The van der Waals surface area contributed by atoms with Crippen LogP contribution in [-0.2, 0) is 4.74 Å². The molecule has 0 amide bonds. The van der Waals surface area contributed by atoms with Crippen molar-refractivity contribution >= 4 is 35.6 Å². The molecule has 0 aliphatic carbocycles. The van der Waals surface area contributed by atoms with E-state index < -0.39 is 0 Å². The van der Waals surface area contributed by atoms with Crippen LogP contribution in [-0.4, -0.2) is 43.7 Å². The highest BCUT2D eigenvalue weighted by atomic mass is 127. The van der Waals surface area contributed by atoms with Crippen molar-refractivity contribution in [1.82, 2.24) is 4.90 Å². The van der Waals surface area contributed by atoms with Gasteiger partial charge in [-0.15, -0.1) is 24.0 Å². The first kappa shape index (κ1) is 23.6. The van der Waals surface area contributed by atoms with Gasteiger partial charge < -0.3 is 15.8 Å². The van der Waals surface area contributed by atoms with Crippen LogP contribution in [0.25, 0.3) is 0 Å². The van der Waals surface area contributed by atoms with E-state index in [0.29, 0.717) is 18.4 Å². The number of guanidine groups is 1. The molecule has 3 N–H and O–H groups in total. The Labute approximate surface area is 191 Å². The number of nitrogens with one attached hydrogen (secondary N) is 1. The van der Waals surface area contributed by atoms with Gasteiger partial charge in [0.15, 0.2) is 5.96 Å². The van der Waals surface area contributed by atoms with Crippen molar-refractivity contribution in [2.45, 2.75) is 32.7 Å². The van der Waals surface area contributed by atoms with Crippen molar-refractivity contribution in [1.29, 1.82) is 0 Å². The van der Waals surface area contributed by atoms with Gasteiger partial charge in [-0.05, 0) is 36.1 Å². The van der Waals surface area contributed by atoms with E-state index in [1.54, 1.807) is 0 Å². The summed E-state index contributed by atoms with van der Waals surface area (Å²) in [6, 6.07) is 17.2. The molecule has 1 aliphatic heterocycles. The number of ether oxygens (including phenoxy) is 1. The van der Waals surface area contributed by atoms with Crippen LogP contribution in [0.2, 0.25) is 0 Å². The summed E-state index contributed by atoms with van der Waals surface area (Å²) in [7, 11) is 0. The molecule has 158 valence electrons. The second-order valence-corrected chi connectivity index (χ2v) is 7.71. The Morgan fingerprint density at radius 2 is 1.79 bits per heavy atom. The van der Waals surface area contributed by atoms with Crippen LogP contribution >= 0.6 is 24.0 Å². The largest absolute Gasteiger partial charge is 0.379 e. The number of halogens is 1. The van der Waals surface area contributed by atoms with Crippen molar-refractivity contribution in [2.24, 2.45) is 10.7 Å². The predicted octanol–water partition coefficient (Wildman–Crippen LogP) is 4.54. The molecular weight excluding hydrogens is 475 g/mol. The summed E-state index contributed by atoms with van der Waals surface area (Å²) in [6.07, 6.45) is 0. The fraction of sp³-hybridized carbons (Fsp3) is 0.435. The number of morpholine rings is 1. The normalized spacial score (nSPS) is 16.3. The van der Waals surface area contributed by atoms with Crippen molar-refractivity contribution in [3.8, 4) is 0 Å². The van der Waals surface area contributed by atoms with E-state index in [1.165, 1.54) is 16.7 Å². The molecule has 1 unspecified atom stereocenters. The third-order valence-electron chi connectivity index (χ3n) is 5.21. The number of benzene rings is 2. The monoisotopic (exact) mass is 508 g/mol. The van der Waals surface area contributed by atoms with Crippen molar-refractivity contribution < 1.29 is 4.74 Å². The number of anilines is 1.